The molecule has 0 heterocycles. The molecule has 0 saturated heterocycles. The van der Waals surface area contributed by atoms with Gasteiger partial charge >= 0.3 is 0 Å². The highest BCUT2D eigenvalue weighted by Crippen LogP contribution is 2.30. The van der Waals surface area contributed by atoms with Crippen molar-refractivity contribution in [3.63, 3.8) is 0 Å². The number of nitrogens with one attached hydrogen (secondary N) is 1. The van der Waals surface area contributed by atoms with Gasteiger partial charge in [0.2, 0.25) is 0 Å². The van der Waals surface area contributed by atoms with Gasteiger partial charge in [-0.1, -0.05) is 36.4 Å². The highest BCUT2D eigenvalue weighted by molar-refractivity contribution is 5.77. The van der Waals surface area contributed by atoms with Gasteiger partial charge in [-0.3, -0.25) is 4.79 Å². The molecule has 122 valence electrons. The monoisotopic (exact) mass is 320 g/mol. The van der Waals surface area contributed by atoms with E-state index in [0.29, 0.717) is 23.8 Å². The number of para-hydroxylation sites is 1. The second-order valence-electron chi connectivity index (χ2n) is 5.99. The van der Waals surface area contributed by atoms with E-state index in [1.165, 1.54) is 11.1 Å². The molecule has 4 heteroatoms. The van der Waals surface area contributed by atoms with Gasteiger partial charge in [0.1, 0.15) is 11.8 Å². The van der Waals surface area contributed by atoms with E-state index >= 15 is 0 Å². The van der Waals surface area contributed by atoms with Crippen molar-refractivity contribution in [1.29, 1.82) is 5.26 Å². The maximum absolute atomic E-state index is 12.1. The van der Waals surface area contributed by atoms with Crippen LogP contribution < -0.4 is 10.1 Å². The Morgan fingerprint density at radius 3 is 2.88 bits per heavy atom. The van der Waals surface area contributed by atoms with Crippen LogP contribution in [0.15, 0.2) is 48.5 Å². The molecule has 2 aromatic carbocycles. The Bertz CT molecular complexity index is 764. The summed E-state index contributed by atoms with van der Waals surface area (Å²) >= 11 is 0. The Morgan fingerprint density at radius 2 is 2.00 bits per heavy atom. The molecule has 1 amide bonds. The highest BCUT2D eigenvalue weighted by atomic mass is 16.5. The van der Waals surface area contributed by atoms with Crippen LogP contribution in [0, 0.1) is 11.3 Å². The van der Waals surface area contributed by atoms with Crippen molar-refractivity contribution in [1.82, 2.24) is 5.32 Å². The lowest BCUT2D eigenvalue weighted by atomic mass is 9.83. The summed E-state index contributed by atoms with van der Waals surface area (Å²) in [5.41, 5.74) is 3.17. The van der Waals surface area contributed by atoms with Gasteiger partial charge in [0.05, 0.1) is 5.56 Å². The molecule has 1 aliphatic rings. The number of benzene rings is 2. The summed E-state index contributed by atoms with van der Waals surface area (Å²) in [6.07, 6.45) is 3.37. The zero-order chi connectivity index (χ0) is 16.8. The predicted octanol–water partition coefficient (Wildman–Crippen LogP) is 3.17. The minimum Gasteiger partial charge on any atom is -0.482 e. The first kappa shape index (κ1) is 16.1. The van der Waals surface area contributed by atoms with Gasteiger partial charge in [0, 0.05) is 12.5 Å². The van der Waals surface area contributed by atoms with E-state index < -0.39 is 0 Å². The first-order chi connectivity index (χ1) is 11.8. The molecule has 0 aromatic heterocycles. The number of carbonyl (C=O) groups excluding carboxylic acids is 1. The first-order valence-electron chi connectivity index (χ1n) is 8.24. The number of hydrogen-bond donors (Lipinski definition) is 1. The van der Waals surface area contributed by atoms with Crippen LogP contribution in [0.4, 0.5) is 0 Å². The molecule has 1 unspecified atom stereocenters. The van der Waals surface area contributed by atoms with Gasteiger partial charge in [-0.05, 0) is 42.5 Å². The van der Waals surface area contributed by atoms with Crippen LogP contribution in [-0.4, -0.2) is 19.1 Å². The molecule has 1 N–H and O–H groups in total. The lowest BCUT2D eigenvalue weighted by Crippen LogP contribution is -2.33. The second kappa shape index (κ2) is 7.65. The van der Waals surface area contributed by atoms with Crippen molar-refractivity contribution in [3.8, 4) is 11.8 Å². The Morgan fingerprint density at radius 1 is 1.21 bits per heavy atom. The molecule has 0 radical (unpaired) electrons. The number of fused-ring (bicyclic) bond motifs is 1. The number of amides is 1. The lowest BCUT2D eigenvalue weighted by Gasteiger charge is -2.25. The van der Waals surface area contributed by atoms with E-state index in [1.807, 2.05) is 0 Å². The van der Waals surface area contributed by atoms with Gasteiger partial charge in [0.25, 0.3) is 5.91 Å². The van der Waals surface area contributed by atoms with E-state index in [4.69, 9.17) is 10.00 Å². The lowest BCUT2D eigenvalue weighted by molar-refractivity contribution is -0.123. The number of hydrogen-bond acceptors (Lipinski definition) is 3. The topological polar surface area (TPSA) is 62.1 Å². The Labute approximate surface area is 142 Å². The van der Waals surface area contributed by atoms with Gasteiger partial charge in [-0.25, -0.2) is 0 Å². The normalized spacial score (nSPS) is 15.9. The second-order valence-corrected chi connectivity index (χ2v) is 5.99. The van der Waals surface area contributed by atoms with E-state index in [0.717, 1.165) is 19.3 Å². The van der Waals surface area contributed by atoms with Crippen LogP contribution in [0.25, 0.3) is 0 Å². The van der Waals surface area contributed by atoms with Crippen molar-refractivity contribution < 1.29 is 9.53 Å². The van der Waals surface area contributed by atoms with Crippen LogP contribution in [0.5, 0.6) is 5.75 Å². The molecule has 0 aliphatic heterocycles. The molecule has 0 spiro atoms. The van der Waals surface area contributed by atoms with Crippen LogP contribution in [-0.2, 0) is 11.2 Å². The average molecular weight is 320 g/mol. The van der Waals surface area contributed by atoms with Crippen LogP contribution >= 0.6 is 0 Å². The molecule has 0 saturated carbocycles. The summed E-state index contributed by atoms with van der Waals surface area (Å²) in [5.74, 6) is 0.647. The molecule has 0 fully saturated rings. The standard InChI is InChI=1S/C20H20N2O2/c21-12-16-7-2-4-11-19(16)24-14-20(23)22-13-17-9-5-8-15-6-1-3-10-18(15)17/h1-4,6-7,10-11,17H,5,8-9,13-14H2,(H,22,23). The minimum atomic E-state index is -0.161. The fraction of sp³-hybridized carbons (Fsp3) is 0.300. The fourth-order valence-electron chi connectivity index (χ4n) is 3.18. The van der Waals surface area contributed by atoms with Crippen LogP contribution in [0.3, 0.4) is 0 Å². The SMILES string of the molecule is N#Cc1ccccc1OCC(=O)NCC1CCCc2ccccc21. The number of ether oxygens (including phenoxy) is 1. The van der Waals surface area contributed by atoms with Crippen molar-refractivity contribution >= 4 is 5.91 Å². The summed E-state index contributed by atoms with van der Waals surface area (Å²) < 4.78 is 5.46. The average Bonchev–Trinajstić information content (AvgIpc) is 2.64. The van der Waals surface area contributed by atoms with E-state index in [9.17, 15) is 4.79 Å². The predicted molar refractivity (Wildman–Crippen MR) is 91.8 cm³/mol. The highest BCUT2D eigenvalue weighted by Gasteiger charge is 2.20. The minimum absolute atomic E-state index is 0.0763. The number of rotatable bonds is 5. The molecule has 3 rings (SSSR count). The molecule has 1 aliphatic carbocycles. The summed E-state index contributed by atoms with van der Waals surface area (Å²) in [5, 5.41) is 12.0. The molecular weight excluding hydrogens is 300 g/mol. The van der Waals surface area contributed by atoms with Crippen molar-refractivity contribution in [2.75, 3.05) is 13.2 Å². The third-order valence-electron chi connectivity index (χ3n) is 4.41. The summed E-state index contributed by atoms with van der Waals surface area (Å²) in [7, 11) is 0. The molecule has 0 bridgehead atoms. The van der Waals surface area contributed by atoms with Crippen molar-refractivity contribution in [2.45, 2.75) is 25.2 Å². The maximum atomic E-state index is 12.1. The third-order valence-corrected chi connectivity index (χ3v) is 4.41. The zero-order valence-electron chi connectivity index (χ0n) is 13.5. The molecular formula is C20H20N2O2. The van der Waals surface area contributed by atoms with Gasteiger partial charge in [-0.15, -0.1) is 0 Å². The largest absolute Gasteiger partial charge is 0.482 e. The molecule has 4 nitrogen and oxygen atoms in total. The number of nitrogens with zero attached hydrogens (tertiary/aromatic N) is 1. The Hall–Kier alpha value is -2.80. The number of carbonyl (C=O) groups is 1. The molecule has 2 aromatic rings. The van der Waals surface area contributed by atoms with E-state index in [2.05, 4.69) is 35.7 Å². The summed E-state index contributed by atoms with van der Waals surface area (Å²) in [4.78, 5) is 12.1. The Balaban J connectivity index is 1.53. The van der Waals surface area contributed by atoms with Crippen molar-refractivity contribution in [3.05, 3.63) is 65.2 Å². The Kier molecular flexibility index (Phi) is 5.12. The molecule has 24 heavy (non-hydrogen) atoms. The first-order valence-corrected chi connectivity index (χ1v) is 8.24. The number of aryl methyl sites for hydroxylation is 1. The third kappa shape index (κ3) is 3.75. The summed E-state index contributed by atoms with van der Waals surface area (Å²) in [6.45, 7) is 0.548. The van der Waals surface area contributed by atoms with E-state index in [-0.39, 0.29) is 12.5 Å². The van der Waals surface area contributed by atoms with E-state index in [1.54, 1.807) is 24.3 Å². The summed E-state index contributed by atoms with van der Waals surface area (Å²) in [6, 6.07) is 17.4. The van der Waals surface area contributed by atoms with Crippen molar-refractivity contribution in [2.24, 2.45) is 0 Å². The molecule has 1 atom stereocenters. The fourth-order valence-corrected chi connectivity index (χ4v) is 3.18. The van der Waals surface area contributed by atoms with Crippen LogP contribution in [0.1, 0.15) is 35.4 Å². The smallest absolute Gasteiger partial charge is 0.257 e. The maximum Gasteiger partial charge on any atom is 0.257 e. The van der Waals surface area contributed by atoms with Gasteiger partial charge in [0.15, 0.2) is 6.61 Å². The van der Waals surface area contributed by atoms with Gasteiger partial charge < -0.3 is 10.1 Å². The zero-order valence-corrected chi connectivity index (χ0v) is 13.5. The number of nitriles is 1. The van der Waals surface area contributed by atoms with Gasteiger partial charge in [-0.2, -0.15) is 5.26 Å². The quantitative estimate of drug-likeness (QED) is 0.920. The van der Waals surface area contributed by atoms with Crippen LogP contribution in [0.2, 0.25) is 0 Å².